The molecule has 0 aromatic rings. The Morgan fingerprint density at radius 1 is 0.586 bits per heavy atom. The molecule has 0 heterocycles. The standard InChI is InChI=1S/C25H50O4/c1-2-3-4-5-6-7-8-9-10-11-12-13-14-15-16-17-18-19-20-21-23(27)25(29)24(28)22-26/h24-26,28-29H,2-22H2,1H3. The van der Waals surface area contributed by atoms with Crippen molar-refractivity contribution in [1.82, 2.24) is 0 Å². The average molecular weight is 415 g/mol. The summed E-state index contributed by atoms with van der Waals surface area (Å²) in [6, 6.07) is 0. The van der Waals surface area contributed by atoms with E-state index in [9.17, 15) is 15.0 Å². The van der Waals surface area contributed by atoms with E-state index in [0.29, 0.717) is 0 Å². The lowest BCUT2D eigenvalue weighted by atomic mass is 10.0. The second-order valence-corrected chi connectivity index (χ2v) is 8.78. The topological polar surface area (TPSA) is 77.8 Å². The molecule has 0 aromatic carbocycles. The first-order chi connectivity index (χ1) is 14.1. The van der Waals surface area contributed by atoms with E-state index in [1.165, 1.54) is 103 Å². The molecule has 0 radical (unpaired) electrons. The molecule has 0 bridgehead atoms. The van der Waals surface area contributed by atoms with Crippen LogP contribution in [0.1, 0.15) is 135 Å². The highest BCUT2D eigenvalue weighted by atomic mass is 16.4. The Morgan fingerprint density at radius 2 is 0.897 bits per heavy atom. The van der Waals surface area contributed by atoms with Crippen molar-refractivity contribution in [3.63, 3.8) is 0 Å². The summed E-state index contributed by atoms with van der Waals surface area (Å²) in [7, 11) is 0. The van der Waals surface area contributed by atoms with Crippen LogP contribution >= 0.6 is 0 Å². The Kier molecular flexibility index (Phi) is 21.9. The monoisotopic (exact) mass is 414 g/mol. The highest BCUT2D eigenvalue weighted by Gasteiger charge is 2.22. The van der Waals surface area contributed by atoms with Crippen molar-refractivity contribution in [3.05, 3.63) is 0 Å². The van der Waals surface area contributed by atoms with Crippen LogP contribution in [0.3, 0.4) is 0 Å². The van der Waals surface area contributed by atoms with Gasteiger partial charge in [-0.3, -0.25) is 4.79 Å². The van der Waals surface area contributed by atoms with Crippen LogP contribution in [0.2, 0.25) is 0 Å². The van der Waals surface area contributed by atoms with Gasteiger partial charge >= 0.3 is 0 Å². The quantitative estimate of drug-likeness (QED) is 0.177. The number of aliphatic hydroxyl groups is 3. The molecule has 4 nitrogen and oxygen atoms in total. The Labute approximate surface area is 180 Å². The molecular formula is C25H50O4. The van der Waals surface area contributed by atoms with E-state index in [2.05, 4.69) is 6.92 Å². The predicted octanol–water partition coefficient (Wildman–Crippen LogP) is 6.09. The van der Waals surface area contributed by atoms with Crippen LogP contribution in [0.5, 0.6) is 0 Å². The van der Waals surface area contributed by atoms with E-state index in [1.54, 1.807) is 0 Å². The van der Waals surface area contributed by atoms with Crippen LogP contribution in [0.25, 0.3) is 0 Å². The summed E-state index contributed by atoms with van der Waals surface area (Å²) in [5.41, 5.74) is 0. The fourth-order valence-corrected chi connectivity index (χ4v) is 3.84. The maximum Gasteiger partial charge on any atom is 0.164 e. The number of Topliss-reactive ketones (excluding diaryl/α,β-unsaturated/α-hetero) is 1. The zero-order valence-electron chi connectivity index (χ0n) is 19.3. The zero-order chi connectivity index (χ0) is 21.6. The average Bonchev–Trinajstić information content (AvgIpc) is 2.74. The normalized spacial score (nSPS) is 13.5. The highest BCUT2D eigenvalue weighted by molar-refractivity contribution is 5.83. The first-order valence-electron chi connectivity index (χ1n) is 12.6. The number of hydrogen-bond donors (Lipinski definition) is 3. The van der Waals surface area contributed by atoms with Gasteiger partial charge in [-0.15, -0.1) is 0 Å². The van der Waals surface area contributed by atoms with Crippen molar-refractivity contribution in [3.8, 4) is 0 Å². The second-order valence-electron chi connectivity index (χ2n) is 8.78. The van der Waals surface area contributed by atoms with Crippen LogP contribution in [-0.2, 0) is 4.79 Å². The van der Waals surface area contributed by atoms with Crippen molar-refractivity contribution in [2.75, 3.05) is 6.61 Å². The van der Waals surface area contributed by atoms with Gasteiger partial charge in [-0.05, 0) is 6.42 Å². The van der Waals surface area contributed by atoms with Gasteiger partial charge < -0.3 is 15.3 Å². The van der Waals surface area contributed by atoms with Gasteiger partial charge in [0.15, 0.2) is 5.78 Å². The van der Waals surface area contributed by atoms with Crippen LogP contribution in [0.15, 0.2) is 0 Å². The van der Waals surface area contributed by atoms with Crippen LogP contribution in [-0.4, -0.2) is 39.9 Å². The van der Waals surface area contributed by atoms with Gasteiger partial charge in [0.1, 0.15) is 12.2 Å². The molecule has 0 aliphatic rings. The molecule has 2 atom stereocenters. The van der Waals surface area contributed by atoms with Crippen molar-refractivity contribution in [1.29, 1.82) is 0 Å². The molecule has 0 aliphatic heterocycles. The third-order valence-electron chi connectivity index (χ3n) is 5.91. The van der Waals surface area contributed by atoms with Gasteiger partial charge in [0.25, 0.3) is 0 Å². The van der Waals surface area contributed by atoms with E-state index in [-0.39, 0.29) is 12.2 Å². The molecule has 174 valence electrons. The fraction of sp³-hybridized carbons (Fsp3) is 0.960. The first-order valence-corrected chi connectivity index (χ1v) is 12.6. The van der Waals surface area contributed by atoms with Gasteiger partial charge in [0.05, 0.1) is 6.61 Å². The number of hydrogen-bond acceptors (Lipinski definition) is 4. The summed E-state index contributed by atoms with van der Waals surface area (Å²) in [4.78, 5) is 11.6. The maximum atomic E-state index is 11.6. The highest BCUT2D eigenvalue weighted by Crippen LogP contribution is 2.15. The molecule has 0 rings (SSSR count). The summed E-state index contributed by atoms with van der Waals surface area (Å²) in [6.45, 7) is 1.70. The van der Waals surface area contributed by atoms with Crippen molar-refractivity contribution >= 4 is 5.78 Å². The van der Waals surface area contributed by atoms with Crippen LogP contribution < -0.4 is 0 Å². The molecule has 0 saturated carbocycles. The van der Waals surface area contributed by atoms with Crippen LogP contribution in [0, 0.1) is 0 Å². The molecule has 29 heavy (non-hydrogen) atoms. The largest absolute Gasteiger partial charge is 0.394 e. The third-order valence-corrected chi connectivity index (χ3v) is 5.91. The summed E-state index contributed by atoms with van der Waals surface area (Å²) < 4.78 is 0. The summed E-state index contributed by atoms with van der Waals surface area (Å²) in [6.07, 6.45) is 22.5. The number of carbonyl (C=O) groups excluding carboxylic acids is 1. The van der Waals surface area contributed by atoms with Gasteiger partial charge in [0.2, 0.25) is 0 Å². The minimum absolute atomic E-state index is 0.289. The molecule has 2 unspecified atom stereocenters. The number of rotatable bonds is 23. The van der Waals surface area contributed by atoms with E-state index < -0.39 is 18.8 Å². The molecule has 3 N–H and O–H groups in total. The number of unbranched alkanes of at least 4 members (excludes halogenated alkanes) is 18. The van der Waals surface area contributed by atoms with Gasteiger partial charge in [-0.1, -0.05) is 122 Å². The Morgan fingerprint density at radius 3 is 1.21 bits per heavy atom. The minimum atomic E-state index is -1.43. The molecule has 0 aromatic heterocycles. The van der Waals surface area contributed by atoms with Crippen molar-refractivity contribution in [2.24, 2.45) is 0 Å². The number of carbonyl (C=O) groups is 1. The van der Waals surface area contributed by atoms with E-state index in [4.69, 9.17) is 5.11 Å². The number of ketones is 1. The van der Waals surface area contributed by atoms with Gasteiger partial charge in [-0.2, -0.15) is 0 Å². The summed E-state index contributed by atoms with van der Waals surface area (Å²) in [5.74, 6) is -0.362. The number of aliphatic hydroxyl groups excluding tert-OH is 3. The lowest BCUT2D eigenvalue weighted by molar-refractivity contribution is -0.134. The Hall–Kier alpha value is -0.450. The van der Waals surface area contributed by atoms with Crippen molar-refractivity contribution < 1.29 is 20.1 Å². The molecule has 0 spiro atoms. The SMILES string of the molecule is CCCCCCCCCCCCCCCCCCCCCC(=O)C(O)C(O)CO. The Balaban J connectivity index is 3.18. The van der Waals surface area contributed by atoms with E-state index in [0.717, 1.165) is 19.3 Å². The fourth-order valence-electron chi connectivity index (χ4n) is 3.84. The lowest BCUT2D eigenvalue weighted by Gasteiger charge is -2.13. The molecule has 4 heteroatoms. The van der Waals surface area contributed by atoms with E-state index >= 15 is 0 Å². The van der Waals surface area contributed by atoms with E-state index in [1.807, 2.05) is 0 Å². The maximum absolute atomic E-state index is 11.6. The molecule has 0 amide bonds. The predicted molar refractivity (Wildman–Crippen MR) is 122 cm³/mol. The van der Waals surface area contributed by atoms with Gasteiger partial charge in [0, 0.05) is 6.42 Å². The van der Waals surface area contributed by atoms with Crippen molar-refractivity contribution in [2.45, 2.75) is 148 Å². The molecule has 0 fully saturated rings. The summed E-state index contributed by atoms with van der Waals surface area (Å²) >= 11 is 0. The second kappa shape index (κ2) is 22.2. The minimum Gasteiger partial charge on any atom is -0.394 e. The van der Waals surface area contributed by atoms with Gasteiger partial charge in [-0.25, -0.2) is 0 Å². The lowest BCUT2D eigenvalue weighted by Crippen LogP contribution is -2.36. The zero-order valence-corrected chi connectivity index (χ0v) is 19.3. The molecular weight excluding hydrogens is 364 g/mol. The molecule has 0 saturated heterocycles. The first kappa shape index (κ1) is 28.5. The third kappa shape index (κ3) is 19.3. The molecule has 0 aliphatic carbocycles. The smallest absolute Gasteiger partial charge is 0.164 e. The summed E-state index contributed by atoms with van der Waals surface area (Å²) in [5, 5.41) is 27.4. The Bertz CT molecular complexity index is 346. The van der Waals surface area contributed by atoms with Crippen LogP contribution in [0.4, 0.5) is 0 Å².